The molecule has 1 heterocycles. The lowest BCUT2D eigenvalue weighted by atomic mass is 10.1. The van der Waals surface area contributed by atoms with Gasteiger partial charge in [0.05, 0.1) is 23.9 Å². The molecule has 0 saturated carbocycles. The number of hydrogen-bond acceptors (Lipinski definition) is 4. The van der Waals surface area contributed by atoms with E-state index in [0.717, 1.165) is 49.9 Å². The van der Waals surface area contributed by atoms with Crippen LogP contribution in [0, 0.1) is 11.3 Å². The van der Waals surface area contributed by atoms with Crippen LogP contribution in [-0.2, 0) is 6.54 Å². The molecule has 6 nitrogen and oxygen atoms in total. The van der Waals surface area contributed by atoms with Crippen molar-refractivity contribution >= 4 is 35.6 Å². The average Bonchev–Trinajstić information content (AvgIpc) is 2.72. The van der Waals surface area contributed by atoms with E-state index in [2.05, 4.69) is 28.1 Å². The highest BCUT2D eigenvalue weighted by molar-refractivity contribution is 14.0. The molecule has 0 atom stereocenters. The number of guanidine groups is 1. The van der Waals surface area contributed by atoms with E-state index in [4.69, 9.17) is 10.3 Å². The standard InChI is InChI=1S/C21H25N5O.HI/c1-2-23-21(24-16-18-9-7-17(15-22)8-10-18)26-13-11-25(12-14-26)19-5-3-4-6-20(19)27;/h3-10,27H,2,11-14,16H2,1H3,(H,23,24);1H. The molecule has 0 aromatic heterocycles. The van der Waals surface area contributed by atoms with Crippen LogP contribution in [0.15, 0.2) is 53.5 Å². The Kier molecular flexibility index (Phi) is 8.39. The highest BCUT2D eigenvalue weighted by Crippen LogP contribution is 2.27. The predicted molar refractivity (Wildman–Crippen MR) is 123 cm³/mol. The minimum absolute atomic E-state index is 0. The number of para-hydroxylation sites is 2. The summed E-state index contributed by atoms with van der Waals surface area (Å²) >= 11 is 0. The van der Waals surface area contributed by atoms with Gasteiger partial charge in [-0.2, -0.15) is 5.26 Å². The molecule has 0 unspecified atom stereocenters. The van der Waals surface area contributed by atoms with Gasteiger partial charge in [-0.15, -0.1) is 24.0 Å². The van der Waals surface area contributed by atoms with Crippen LogP contribution >= 0.6 is 24.0 Å². The van der Waals surface area contributed by atoms with Crippen LogP contribution in [-0.4, -0.2) is 48.7 Å². The van der Waals surface area contributed by atoms with Crippen LogP contribution in [0.1, 0.15) is 18.1 Å². The zero-order valence-electron chi connectivity index (χ0n) is 16.0. The molecule has 0 spiro atoms. The van der Waals surface area contributed by atoms with Gasteiger partial charge in [-0.05, 0) is 36.8 Å². The average molecular weight is 491 g/mol. The van der Waals surface area contributed by atoms with E-state index >= 15 is 0 Å². The van der Waals surface area contributed by atoms with Crippen LogP contribution in [0.4, 0.5) is 5.69 Å². The Balaban J connectivity index is 0.00000280. The molecule has 2 aromatic carbocycles. The quantitative estimate of drug-likeness (QED) is 0.391. The first-order valence-corrected chi connectivity index (χ1v) is 9.26. The predicted octanol–water partition coefficient (Wildman–Crippen LogP) is 3.17. The van der Waals surface area contributed by atoms with E-state index in [1.165, 1.54) is 0 Å². The maximum atomic E-state index is 10.1. The monoisotopic (exact) mass is 491 g/mol. The van der Waals surface area contributed by atoms with Crippen molar-refractivity contribution in [3.05, 3.63) is 59.7 Å². The van der Waals surface area contributed by atoms with Crippen LogP contribution in [0.25, 0.3) is 0 Å². The number of hydrogen-bond donors (Lipinski definition) is 2. The molecule has 1 saturated heterocycles. The first-order valence-electron chi connectivity index (χ1n) is 9.26. The Bertz CT molecular complexity index is 823. The number of piperazine rings is 1. The topological polar surface area (TPSA) is 74.9 Å². The number of nitriles is 1. The van der Waals surface area contributed by atoms with Crippen molar-refractivity contribution in [1.29, 1.82) is 5.26 Å². The fraction of sp³-hybridized carbons (Fsp3) is 0.333. The number of anilines is 1. The molecule has 148 valence electrons. The van der Waals surface area contributed by atoms with E-state index in [0.29, 0.717) is 17.9 Å². The fourth-order valence-corrected chi connectivity index (χ4v) is 3.17. The van der Waals surface area contributed by atoms with Gasteiger partial charge in [0.25, 0.3) is 0 Å². The molecule has 1 aliphatic heterocycles. The molecule has 2 aromatic rings. The van der Waals surface area contributed by atoms with Crippen molar-refractivity contribution < 1.29 is 5.11 Å². The summed E-state index contributed by atoms with van der Waals surface area (Å²) in [7, 11) is 0. The fourth-order valence-electron chi connectivity index (χ4n) is 3.17. The first kappa shape index (κ1) is 21.8. The summed E-state index contributed by atoms with van der Waals surface area (Å²) in [4.78, 5) is 9.22. The van der Waals surface area contributed by atoms with E-state index in [9.17, 15) is 5.11 Å². The van der Waals surface area contributed by atoms with Crippen LogP contribution in [0.2, 0.25) is 0 Å². The molecule has 1 aliphatic rings. The Labute approximate surface area is 183 Å². The Hall–Kier alpha value is -2.47. The van der Waals surface area contributed by atoms with Crippen molar-refractivity contribution in [2.45, 2.75) is 13.5 Å². The van der Waals surface area contributed by atoms with Crippen molar-refractivity contribution in [2.75, 3.05) is 37.6 Å². The summed E-state index contributed by atoms with van der Waals surface area (Å²) < 4.78 is 0. The van der Waals surface area contributed by atoms with Crippen molar-refractivity contribution in [3.8, 4) is 11.8 Å². The Morgan fingerprint density at radius 1 is 1.11 bits per heavy atom. The Morgan fingerprint density at radius 3 is 2.39 bits per heavy atom. The number of benzene rings is 2. The maximum absolute atomic E-state index is 10.1. The largest absolute Gasteiger partial charge is 0.506 e. The van der Waals surface area contributed by atoms with Gasteiger partial charge in [0.2, 0.25) is 0 Å². The zero-order valence-corrected chi connectivity index (χ0v) is 18.3. The molecular weight excluding hydrogens is 465 g/mol. The molecule has 3 rings (SSSR count). The number of aromatic hydroxyl groups is 1. The lowest BCUT2D eigenvalue weighted by molar-refractivity contribution is 0.369. The van der Waals surface area contributed by atoms with Crippen LogP contribution in [0.3, 0.4) is 0 Å². The van der Waals surface area contributed by atoms with E-state index in [-0.39, 0.29) is 24.0 Å². The van der Waals surface area contributed by atoms with E-state index < -0.39 is 0 Å². The summed E-state index contributed by atoms with van der Waals surface area (Å²) in [6.07, 6.45) is 0. The summed E-state index contributed by atoms with van der Waals surface area (Å²) in [5.74, 6) is 1.23. The minimum Gasteiger partial charge on any atom is -0.506 e. The molecule has 2 N–H and O–H groups in total. The number of phenolic OH excluding ortho intramolecular Hbond substituents is 1. The van der Waals surface area contributed by atoms with Gasteiger partial charge in [0, 0.05) is 32.7 Å². The first-order chi connectivity index (χ1) is 13.2. The third kappa shape index (κ3) is 5.52. The van der Waals surface area contributed by atoms with Crippen molar-refractivity contribution in [3.63, 3.8) is 0 Å². The third-order valence-electron chi connectivity index (χ3n) is 4.63. The number of nitrogens with one attached hydrogen (secondary N) is 1. The van der Waals surface area contributed by atoms with Crippen molar-refractivity contribution in [2.24, 2.45) is 4.99 Å². The van der Waals surface area contributed by atoms with Gasteiger partial charge in [0.15, 0.2) is 5.96 Å². The number of aliphatic imine (C=N–C) groups is 1. The second kappa shape index (κ2) is 10.8. The number of rotatable bonds is 4. The summed E-state index contributed by atoms with van der Waals surface area (Å²) in [5.41, 5.74) is 2.63. The smallest absolute Gasteiger partial charge is 0.194 e. The summed E-state index contributed by atoms with van der Waals surface area (Å²) in [6, 6.07) is 17.1. The van der Waals surface area contributed by atoms with Gasteiger partial charge in [0.1, 0.15) is 5.75 Å². The number of phenols is 1. The summed E-state index contributed by atoms with van der Waals surface area (Å²) in [5, 5.41) is 22.3. The zero-order chi connectivity index (χ0) is 19.1. The SMILES string of the molecule is CCNC(=NCc1ccc(C#N)cc1)N1CCN(c2ccccc2O)CC1.I. The Morgan fingerprint density at radius 2 is 1.79 bits per heavy atom. The van der Waals surface area contributed by atoms with Gasteiger partial charge < -0.3 is 20.2 Å². The molecule has 0 amide bonds. The lowest BCUT2D eigenvalue weighted by Gasteiger charge is -2.37. The molecule has 0 aliphatic carbocycles. The van der Waals surface area contributed by atoms with Gasteiger partial charge >= 0.3 is 0 Å². The van der Waals surface area contributed by atoms with Gasteiger partial charge in [-0.1, -0.05) is 24.3 Å². The van der Waals surface area contributed by atoms with E-state index in [1.807, 2.05) is 42.5 Å². The minimum atomic E-state index is 0. The van der Waals surface area contributed by atoms with Crippen LogP contribution < -0.4 is 10.2 Å². The van der Waals surface area contributed by atoms with Gasteiger partial charge in [-0.25, -0.2) is 4.99 Å². The second-order valence-corrected chi connectivity index (χ2v) is 6.44. The summed E-state index contributed by atoms with van der Waals surface area (Å²) in [6.45, 7) is 6.80. The third-order valence-corrected chi connectivity index (χ3v) is 4.63. The number of nitrogens with zero attached hydrogens (tertiary/aromatic N) is 4. The maximum Gasteiger partial charge on any atom is 0.194 e. The molecule has 0 bridgehead atoms. The second-order valence-electron chi connectivity index (χ2n) is 6.44. The molecule has 1 fully saturated rings. The molecule has 28 heavy (non-hydrogen) atoms. The van der Waals surface area contributed by atoms with Gasteiger partial charge in [-0.3, -0.25) is 0 Å². The normalized spacial score (nSPS) is 14.2. The lowest BCUT2D eigenvalue weighted by Crippen LogP contribution is -2.52. The van der Waals surface area contributed by atoms with E-state index in [1.54, 1.807) is 6.07 Å². The van der Waals surface area contributed by atoms with Crippen molar-refractivity contribution in [1.82, 2.24) is 10.2 Å². The molecular formula is C21H26IN5O. The molecule has 7 heteroatoms. The van der Waals surface area contributed by atoms with Crippen LogP contribution in [0.5, 0.6) is 5.75 Å². The highest BCUT2D eigenvalue weighted by Gasteiger charge is 2.21. The highest BCUT2D eigenvalue weighted by atomic mass is 127. The molecule has 0 radical (unpaired) electrons. The number of halogens is 1.